The molecule has 1 unspecified atom stereocenters. The van der Waals surface area contributed by atoms with Gasteiger partial charge in [0.2, 0.25) is 5.91 Å². The standard InChI is InChI=1S/C18H24F2N2O3/c1-11(2)22-8-4-5-16(22)17(23)21-15(18(24)25-3)10-12-6-7-13(19)14(20)9-12/h6-7,9,11,15-16H,4-5,8,10H2,1-3H3,(H,21,23)/t15?,16-/m1/s1. The number of benzene rings is 1. The molecule has 0 aliphatic carbocycles. The highest BCUT2D eigenvalue weighted by molar-refractivity contribution is 5.87. The van der Waals surface area contributed by atoms with Gasteiger partial charge in [0, 0.05) is 12.5 Å². The predicted molar refractivity (Wildman–Crippen MR) is 88.9 cm³/mol. The van der Waals surface area contributed by atoms with Crippen molar-refractivity contribution in [2.45, 2.75) is 51.2 Å². The minimum Gasteiger partial charge on any atom is -0.467 e. The molecular formula is C18H24F2N2O3. The highest BCUT2D eigenvalue weighted by Crippen LogP contribution is 2.20. The topological polar surface area (TPSA) is 58.6 Å². The number of carbonyl (C=O) groups excluding carboxylic acids is 2. The van der Waals surface area contributed by atoms with Crippen molar-refractivity contribution in [3.8, 4) is 0 Å². The Morgan fingerprint density at radius 3 is 2.64 bits per heavy atom. The van der Waals surface area contributed by atoms with E-state index in [0.29, 0.717) is 5.56 Å². The lowest BCUT2D eigenvalue weighted by Gasteiger charge is -2.28. The van der Waals surface area contributed by atoms with Crippen LogP contribution in [-0.2, 0) is 20.7 Å². The summed E-state index contributed by atoms with van der Waals surface area (Å²) in [7, 11) is 1.22. The number of nitrogens with one attached hydrogen (secondary N) is 1. The van der Waals surface area contributed by atoms with Crippen LogP contribution in [0.4, 0.5) is 8.78 Å². The highest BCUT2D eigenvalue weighted by atomic mass is 19.2. The van der Waals surface area contributed by atoms with E-state index < -0.39 is 23.6 Å². The number of halogens is 2. The van der Waals surface area contributed by atoms with Crippen LogP contribution in [0.2, 0.25) is 0 Å². The van der Waals surface area contributed by atoms with Crippen molar-refractivity contribution in [1.82, 2.24) is 10.2 Å². The van der Waals surface area contributed by atoms with Gasteiger partial charge in [-0.15, -0.1) is 0 Å². The summed E-state index contributed by atoms with van der Waals surface area (Å²) in [4.78, 5) is 26.7. The zero-order chi connectivity index (χ0) is 18.6. The maximum Gasteiger partial charge on any atom is 0.328 e. The Balaban J connectivity index is 2.10. The molecule has 0 spiro atoms. The maximum atomic E-state index is 13.4. The second kappa shape index (κ2) is 8.38. The van der Waals surface area contributed by atoms with Crippen LogP contribution in [0.25, 0.3) is 0 Å². The van der Waals surface area contributed by atoms with Gasteiger partial charge >= 0.3 is 5.97 Å². The van der Waals surface area contributed by atoms with E-state index in [9.17, 15) is 18.4 Å². The second-order valence-electron chi connectivity index (χ2n) is 6.53. The number of likely N-dealkylation sites (tertiary alicyclic amines) is 1. The molecule has 0 radical (unpaired) electrons. The van der Waals surface area contributed by atoms with Crippen LogP contribution < -0.4 is 5.32 Å². The van der Waals surface area contributed by atoms with Crippen LogP contribution in [0.5, 0.6) is 0 Å². The number of nitrogens with zero attached hydrogens (tertiary/aromatic N) is 1. The quantitative estimate of drug-likeness (QED) is 0.795. The molecule has 2 atom stereocenters. The molecule has 0 saturated carbocycles. The first-order valence-electron chi connectivity index (χ1n) is 8.41. The van der Waals surface area contributed by atoms with E-state index in [4.69, 9.17) is 4.74 Å². The van der Waals surface area contributed by atoms with Crippen molar-refractivity contribution in [1.29, 1.82) is 0 Å². The van der Waals surface area contributed by atoms with Crippen molar-refractivity contribution in [2.75, 3.05) is 13.7 Å². The monoisotopic (exact) mass is 354 g/mol. The minimum atomic E-state index is -0.991. The number of carbonyl (C=O) groups is 2. The normalized spacial score (nSPS) is 19.0. The first-order chi connectivity index (χ1) is 11.8. The fourth-order valence-electron chi connectivity index (χ4n) is 3.19. The van der Waals surface area contributed by atoms with Crippen LogP contribution >= 0.6 is 0 Å². The molecule has 1 heterocycles. The third-order valence-corrected chi connectivity index (χ3v) is 4.49. The van der Waals surface area contributed by atoms with E-state index in [-0.39, 0.29) is 24.4 Å². The predicted octanol–water partition coefficient (Wildman–Crippen LogP) is 2.04. The number of ether oxygens (including phenoxy) is 1. The molecule has 2 rings (SSSR count). The minimum absolute atomic E-state index is 0.0318. The van der Waals surface area contributed by atoms with Gasteiger partial charge in [-0.2, -0.15) is 0 Å². The van der Waals surface area contributed by atoms with Crippen LogP contribution in [-0.4, -0.2) is 48.6 Å². The molecule has 1 aromatic rings. The van der Waals surface area contributed by atoms with Gasteiger partial charge in [-0.25, -0.2) is 13.6 Å². The van der Waals surface area contributed by atoms with E-state index in [1.807, 2.05) is 13.8 Å². The first-order valence-corrected chi connectivity index (χ1v) is 8.41. The van der Waals surface area contributed by atoms with Gasteiger partial charge in [-0.1, -0.05) is 6.07 Å². The number of amides is 1. The number of rotatable bonds is 6. The maximum absolute atomic E-state index is 13.4. The Labute approximate surface area is 146 Å². The van der Waals surface area contributed by atoms with Crippen LogP contribution in [0, 0.1) is 11.6 Å². The summed E-state index contributed by atoms with van der Waals surface area (Å²) in [6, 6.07) is 2.39. The summed E-state index contributed by atoms with van der Waals surface area (Å²) in [5.41, 5.74) is 0.404. The number of hydrogen-bond donors (Lipinski definition) is 1. The van der Waals surface area contributed by atoms with E-state index in [1.165, 1.54) is 13.2 Å². The summed E-state index contributed by atoms with van der Waals surface area (Å²) in [5.74, 6) is -2.81. The zero-order valence-electron chi connectivity index (χ0n) is 14.7. The van der Waals surface area contributed by atoms with Gasteiger partial charge < -0.3 is 10.1 Å². The SMILES string of the molecule is COC(=O)C(Cc1ccc(F)c(F)c1)NC(=O)[C@H]1CCCN1C(C)C. The molecule has 0 bridgehead atoms. The van der Waals surface area contributed by atoms with E-state index in [0.717, 1.165) is 31.5 Å². The molecule has 25 heavy (non-hydrogen) atoms. The summed E-state index contributed by atoms with van der Waals surface area (Å²) < 4.78 is 31.2. The van der Waals surface area contributed by atoms with Gasteiger partial charge in [0.15, 0.2) is 11.6 Å². The van der Waals surface area contributed by atoms with Gasteiger partial charge in [0.25, 0.3) is 0 Å². The lowest BCUT2D eigenvalue weighted by molar-refractivity contribution is -0.145. The summed E-state index contributed by atoms with van der Waals surface area (Å²) in [5, 5.41) is 2.71. The molecule has 1 amide bonds. The zero-order valence-corrected chi connectivity index (χ0v) is 14.7. The summed E-state index contributed by atoms with van der Waals surface area (Å²) in [6.07, 6.45) is 1.68. The van der Waals surface area contributed by atoms with Crippen molar-refractivity contribution < 1.29 is 23.1 Å². The summed E-state index contributed by atoms with van der Waals surface area (Å²) in [6.45, 7) is 4.87. The third-order valence-electron chi connectivity index (χ3n) is 4.49. The summed E-state index contributed by atoms with van der Waals surface area (Å²) >= 11 is 0. The van der Waals surface area contributed by atoms with Gasteiger partial charge in [0.05, 0.1) is 13.2 Å². The molecular weight excluding hydrogens is 330 g/mol. The smallest absolute Gasteiger partial charge is 0.328 e. The fourth-order valence-corrected chi connectivity index (χ4v) is 3.19. The average Bonchev–Trinajstić information content (AvgIpc) is 3.07. The number of esters is 1. The highest BCUT2D eigenvalue weighted by Gasteiger charge is 2.34. The number of methoxy groups -OCH3 is 1. The molecule has 1 fully saturated rings. The first kappa shape index (κ1) is 19.3. The Morgan fingerprint density at radius 2 is 2.04 bits per heavy atom. The Kier molecular flexibility index (Phi) is 6.47. The molecule has 1 saturated heterocycles. The Morgan fingerprint density at radius 1 is 1.32 bits per heavy atom. The van der Waals surface area contributed by atoms with Crippen LogP contribution in [0.15, 0.2) is 18.2 Å². The lowest BCUT2D eigenvalue weighted by atomic mass is 10.0. The van der Waals surface area contributed by atoms with E-state index >= 15 is 0 Å². The molecule has 0 aromatic heterocycles. The largest absolute Gasteiger partial charge is 0.467 e. The molecule has 138 valence electrons. The fraction of sp³-hybridized carbons (Fsp3) is 0.556. The molecule has 7 heteroatoms. The van der Waals surface area contributed by atoms with E-state index in [2.05, 4.69) is 10.2 Å². The van der Waals surface area contributed by atoms with Crippen molar-refractivity contribution in [2.24, 2.45) is 0 Å². The molecule has 5 nitrogen and oxygen atoms in total. The average molecular weight is 354 g/mol. The lowest BCUT2D eigenvalue weighted by Crippen LogP contribution is -2.51. The van der Waals surface area contributed by atoms with Crippen LogP contribution in [0.1, 0.15) is 32.3 Å². The van der Waals surface area contributed by atoms with Gasteiger partial charge in [-0.3, -0.25) is 9.69 Å². The molecule has 1 aliphatic rings. The van der Waals surface area contributed by atoms with Crippen LogP contribution in [0.3, 0.4) is 0 Å². The number of hydrogen-bond acceptors (Lipinski definition) is 4. The van der Waals surface area contributed by atoms with Crippen molar-refractivity contribution in [3.05, 3.63) is 35.4 Å². The molecule has 1 aromatic carbocycles. The van der Waals surface area contributed by atoms with Crippen molar-refractivity contribution >= 4 is 11.9 Å². The van der Waals surface area contributed by atoms with Gasteiger partial charge in [-0.05, 0) is 50.9 Å². The Bertz CT molecular complexity index is 637. The Hall–Kier alpha value is -2.02. The second-order valence-corrected chi connectivity index (χ2v) is 6.53. The van der Waals surface area contributed by atoms with Crippen molar-refractivity contribution in [3.63, 3.8) is 0 Å². The van der Waals surface area contributed by atoms with Gasteiger partial charge in [0.1, 0.15) is 6.04 Å². The molecule has 1 aliphatic heterocycles. The molecule has 1 N–H and O–H groups in total. The third kappa shape index (κ3) is 4.75. The van der Waals surface area contributed by atoms with E-state index in [1.54, 1.807) is 0 Å².